The van der Waals surface area contributed by atoms with Gasteiger partial charge in [-0.05, 0) is 18.6 Å². The third-order valence-electron chi connectivity index (χ3n) is 0.907. The molecular formula is C6H14CuO2PS2. The van der Waals surface area contributed by atoms with Gasteiger partial charge in [0.15, 0.2) is 0 Å². The van der Waals surface area contributed by atoms with Crippen LogP contribution in [0.2, 0.25) is 0 Å². The van der Waals surface area contributed by atoms with Crippen molar-refractivity contribution in [3.63, 3.8) is 0 Å². The van der Waals surface area contributed by atoms with Crippen LogP contribution in [0.1, 0.15) is 26.7 Å². The summed E-state index contributed by atoms with van der Waals surface area (Å²) < 4.78 is 5.01. The van der Waals surface area contributed by atoms with E-state index in [1.165, 1.54) is 11.4 Å². The van der Waals surface area contributed by atoms with Gasteiger partial charge in [-0.1, -0.05) is 25.7 Å². The minimum Gasteiger partial charge on any atom is -0.793 e. The van der Waals surface area contributed by atoms with Crippen LogP contribution in [0, 0.1) is 0 Å². The van der Waals surface area contributed by atoms with Gasteiger partial charge in [-0.15, -0.1) is 11.4 Å². The molecule has 78 valence electrons. The molecule has 1 unspecified atom stereocenters. The summed E-state index contributed by atoms with van der Waals surface area (Å²) in [4.78, 5) is 11.3. The van der Waals surface area contributed by atoms with Crippen LogP contribution in [-0.2, 0) is 33.4 Å². The van der Waals surface area contributed by atoms with Gasteiger partial charge in [0.1, 0.15) is 0 Å². The first-order chi connectivity index (χ1) is 5.12. The first kappa shape index (κ1) is 15.9. The molecule has 0 aromatic heterocycles. The smallest absolute Gasteiger partial charge is 0.793 e. The Balaban J connectivity index is 0. The Morgan fingerprint density at radius 3 is 2.42 bits per heavy atom. The van der Waals surface area contributed by atoms with Gasteiger partial charge in [-0.3, -0.25) is 0 Å². The van der Waals surface area contributed by atoms with Crippen LogP contribution in [0.15, 0.2) is 0 Å². The fourth-order valence-electron chi connectivity index (χ4n) is 0.443. The summed E-state index contributed by atoms with van der Waals surface area (Å²) in [6.07, 6.45) is 1.86. The largest absolute Gasteiger partial charge is 1.00 e. The fourth-order valence-corrected chi connectivity index (χ4v) is 3.89. The Morgan fingerprint density at radius 1 is 1.42 bits per heavy atom. The van der Waals surface area contributed by atoms with Crippen LogP contribution < -0.4 is 4.89 Å². The van der Waals surface area contributed by atoms with Gasteiger partial charge in [-0.25, -0.2) is 0 Å². The van der Waals surface area contributed by atoms with E-state index in [0.717, 1.165) is 18.6 Å². The van der Waals surface area contributed by atoms with E-state index in [2.05, 4.69) is 0 Å². The third kappa shape index (κ3) is 9.53. The van der Waals surface area contributed by atoms with Crippen molar-refractivity contribution in [3.8, 4) is 0 Å². The van der Waals surface area contributed by atoms with Crippen LogP contribution in [0.4, 0.5) is 0 Å². The van der Waals surface area contributed by atoms with Gasteiger partial charge in [-0.2, -0.15) is 0 Å². The molecule has 12 heavy (non-hydrogen) atoms. The second-order valence-corrected chi connectivity index (χ2v) is 8.29. The molecule has 0 aromatic carbocycles. The van der Waals surface area contributed by atoms with Gasteiger partial charge >= 0.3 is 17.1 Å². The zero-order chi connectivity index (χ0) is 8.74. The summed E-state index contributed by atoms with van der Waals surface area (Å²) in [6, 6.07) is 0. The van der Waals surface area contributed by atoms with Gasteiger partial charge in [0, 0.05) is 5.69 Å². The average Bonchev–Trinajstić information content (AvgIpc) is 1.97. The standard InChI is InChI=1S/C6H15O2PS2.Cu/c1-3-5-8-9(7,10)11-6-4-2;/h3-6H2,1-2H3,(H,7,10);/q;+1/p-1. The van der Waals surface area contributed by atoms with Crippen LogP contribution in [0.5, 0.6) is 0 Å². The van der Waals surface area contributed by atoms with E-state index in [-0.39, 0.29) is 17.1 Å². The van der Waals surface area contributed by atoms with E-state index >= 15 is 0 Å². The van der Waals surface area contributed by atoms with Crippen LogP contribution >= 0.6 is 17.1 Å². The van der Waals surface area contributed by atoms with Crippen molar-refractivity contribution >= 4 is 28.9 Å². The van der Waals surface area contributed by atoms with Gasteiger partial charge in [0.2, 0.25) is 0 Å². The van der Waals surface area contributed by atoms with E-state index in [4.69, 9.17) is 16.3 Å². The maximum absolute atomic E-state index is 11.3. The zero-order valence-electron chi connectivity index (χ0n) is 7.21. The van der Waals surface area contributed by atoms with E-state index < -0.39 is 5.69 Å². The van der Waals surface area contributed by atoms with Crippen LogP contribution in [-0.4, -0.2) is 12.4 Å². The average molecular weight is 277 g/mol. The number of rotatable bonds is 6. The van der Waals surface area contributed by atoms with Crippen molar-refractivity contribution in [3.05, 3.63) is 0 Å². The van der Waals surface area contributed by atoms with E-state index in [1.807, 2.05) is 13.8 Å². The molecule has 0 N–H and O–H groups in total. The summed E-state index contributed by atoms with van der Waals surface area (Å²) in [5.41, 5.74) is -2.73. The predicted octanol–water partition coefficient (Wildman–Crippen LogP) is 2.14. The summed E-state index contributed by atoms with van der Waals surface area (Å²) in [6.45, 7) is 4.51. The normalized spacial score (nSPS) is 14.9. The Morgan fingerprint density at radius 2 is 2.00 bits per heavy atom. The fraction of sp³-hybridized carbons (Fsp3) is 1.00. The van der Waals surface area contributed by atoms with Crippen molar-refractivity contribution in [2.45, 2.75) is 26.7 Å². The molecule has 0 aromatic rings. The molecule has 6 heteroatoms. The molecule has 0 spiro atoms. The van der Waals surface area contributed by atoms with E-state index in [9.17, 15) is 4.89 Å². The Kier molecular flexibility index (Phi) is 11.9. The topological polar surface area (TPSA) is 32.3 Å². The molecule has 0 radical (unpaired) electrons. The molecule has 2 nitrogen and oxygen atoms in total. The molecular weight excluding hydrogens is 263 g/mol. The molecule has 0 fully saturated rings. The maximum Gasteiger partial charge on any atom is 1.00 e. The third-order valence-corrected chi connectivity index (χ3v) is 5.39. The van der Waals surface area contributed by atoms with Gasteiger partial charge in [0.25, 0.3) is 0 Å². The molecule has 0 saturated carbocycles. The second kappa shape index (κ2) is 9.01. The Labute approximate surface area is 94.2 Å². The van der Waals surface area contributed by atoms with Crippen molar-refractivity contribution in [2.24, 2.45) is 0 Å². The maximum atomic E-state index is 11.3. The first-order valence-electron chi connectivity index (χ1n) is 3.72. The summed E-state index contributed by atoms with van der Waals surface area (Å²) in [5.74, 6) is 0.824. The Hall–Kier alpha value is 1.44. The van der Waals surface area contributed by atoms with Crippen molar-refractivity contribution in [2.75, 3.05) is 12.4 Å². The molecule has 0 aliphatic carbocycles. The number of hydrogen-bond donors (Lipinski definition) is 0. The van der Waals surface area contributed by atoms with E-state index in [0.29, 0.717) is 6.61 Å². The second-order valence-electron chi connectivity index (χ2n) is 2.11. The molecule has 0 aliphatic heterocycles. The van der Waals surface area contributed by atoms with Crippen molar-refractivity contribution in [1.29, 1.82) is 0 Å². The van der Waals surface area contributed by atoms with Gasteiger partial charge in [0.05, 0.1) is 6.61 Å². The molecule has 0 heterocycles. The van der Waals surface area contributed by atoms with E-state index in [1.54, 1.807) is 0 Å². The molecule has 0 bridgehead atoms. The monoisotopic (exact) mass is 276 g/mol. The number of hydrogen-bond acceptors (Lipinski definition) is 4. The van der Waals surface area contributed by atoms with Crippen molar-refractivity contribution < 1.29 is 26.5 Å². The van der Waals surface area contributed by atoms with Crippen LogP contribution in [0.3, 0.4) is 0 Å². The predicted molar refractivity (Wildman–Crippen MR) is 53.3 cm³/mol. The first-order valence-corrected chi connectivity index (χ1v) is 7.95. The quantitative estimate of drug-likeness (QED) is 0.550. The molecule has 0 rings (SSSR count). The SMILES string of the molecule is CCCOP([O-])(=S)SCCC.[Cu+]. The van der Waals surface area contributed by atoms with Crippen LogP contribution in [0.25, 0.3) is 0 Å². The Bertz CT molecular complexity index is 134. The molecule has 0 amide bonds. The molecule has 0 aliphatic rings. The summed E-state index contributed by atoms with van der Waals surface area (Å²) >= 11 is 6.04. The molecule has 0 saturated heterocycles. The zero-order valence-corrected chi connectivity index (χ0v) is 10.7. The molecule has 1 atom stereocenters. The minimum atomic E-state index is -2.73. The summed E-state index contributed by atoms with van der Waals surface area (Å²) in [7, 11) is 0. The van der Waals surface area contributed by atoms with Crippen molar-refractivity contribution in [1.82, 2.24) is 0 Å². The summed E-state index contributed by atoms with van der Waals surface area (Å²) in [5, 5.41) is 0. The van der Waals surface area contributed by atoms with Gasteiger partial charge < -0.3 is 9.42 Å². The minimum absolute atomic E-state index is 0.